The fraction of sp³-hybridized carbons (Fsp3) is 0.312. The normalized spacial score (nSPS) is 20.7. The van der Waals surface area contributed by atoms with Gasteiger partial charge in [-0.05, 0) is 12.8 Å². The second kappa shape index (κ2) is 8.84. The molecule has 1 fully saturated rings. The largest absolute Gasteiger partial charge is 0.477 e. The second-order valence-electron chi connectivity index (χ2n) is 6.83. The van der Waals surface area contributed by atoms with Gasteiger partial charge >= 0.3 is 12.1 Å². The molecule has 34 heavy (non-hydrogen) atoms. The lowest BCUT2D eigenvalue weighted by Crippen LogP contribution is -2.72. The van der Waals surface area contributed by atoms with Crippen LogP contribution in [0.4, 0.5) is 18.3 Å². The highest BCUT2D eigenvalue weighted by Crippen LogP contribution is 2.43. The van der Waals surface area contributed by atoms with Crippen LogP contribution in [0.25, 0.3) is 0 Å². The highest BCUT2D eigenvalue weighted by molar-refractivity contribution is 8.04. The molecule has 5 N–H and O–H groups in total. The van der Waals surface area contributed by atoms with Crippen molar-refractivity contribution in [2.75, 3.05) is 5.73 Å². The molecule has 1 saturated heterocycles. The molecule has 2 aliphatic rings. The molecule has 0 saturated carbocycles. The summed E-state index contributed by atoms with van der Waals surface area (Å²) < 4.78 is 40.2. The Morgan fingerprint density at radius 1 is 1.38 bits per heavy atom. The smallest absolute Gasteiger partial charge is 0.427 e. The van der Waals surface area contributed by atoms with Crippen molar-refractivity contribution in [3.05, 3.63) is 26.7 Å². The van der Waals surface area contributed by atoms with Crippen molar-refractivity contribution >= 4 is 63.1 Å². The molecular weight excluding hydrogens is 523 g/mol. The summed E-state index contributed by atoms with van der Waals surface area (Å²) in [7, 11) is 0. The first-order chi connectivity index (χ1) is 16.0. The Hall–Kier alpha value is -3.25. The summed E-state index contributed by atoms with van der Waals surface area (Å²) in [5.74, 6) is -3.44. The summed E-state index contributed by atoms with van der Waals surface area (Å²) in [6, 6.07) is -2.00. The average molecular weight is 536 g/mol. The number of hydrogen-bond acceptors (Lipinski definition) is 12. The lowest BCUT2D eigenvalue weighted by atomic mass is 9.86. The van der Waals surface area contributed by atoms with E-state index in [1.165, 1.54) is 16.8 Å². The number of carboxylic acid groups (broad SMARTS) is 1. The van der Waals surface area contributed by atoms with Gasteiger partial charge in [-0.3, -0.25) is 14.5 Å². The van der Waals surface area contributed by atoms with E-state index in [0.29, 0.717) is 9.24 Å². The van der Waals surface area contributed by atoms with Crippen LogP contribution in [0.5, 0.6) is 0 Å². The SMILES string of the molecule is Nc1nc(/C(=N/O)C(=O)NC2C(=O)N3C(C(=O)O)=C(Sc4nncs4)CCC23)c(C(F)(F)F)s1. The second-order valence-corrected chi connectivity index (χ2v) is 10.0. The minimum absolute atomic E-state index is 0.0570. The van der Waals surface area contributed by atoms with Crippen LogP contribution in [0.3, 0.4) is 0 Å². The van der Waals surface area contributed by atoms with E-state index in [2.05, 4.69) is 25.7 Å². The number of nitrogens with two attached hydrogens (primary N) is 1. The number of carboxylic acids is 1. The number of nitrogens with zero attached hydrogens (tertiary/aromatic N) is 5. The minimum Gasteiger partial charge on any atom is -0.477 e. The summed E-state index contributed by atoms with van der Waals surface area (Å²) in [6.07, 6.45) is -4.42. The van der Waals surface area contributed by atoms with Gasteiger partial charge in [-0.25, -0.2) is 9.78 Å². The molecule has 0 bridgehead atoms. The molecule has 0 radical (unpaired) electrons. The van der Waals surface area contributed by atoms with Gasteiger partial charge < -0.3 is 21.4 Å². The van der Waals surface area contributed by atoms with Crippen LogP contribution in [0.15, 0.2) is 25.6 Å². The Balaban J connectivity index is 1.55. The minimum atomic E-state index is -4.92. The number of carbonyl (C=O) groups is 3. The lowest BCUT2D eigenvalue weighted by Gasteiger charge is -2.49. The molecule has 4 rings (SSSR count). The molecule has 2 aromatic rings. The van der Waals surface area contributed by atoms with Gasteiger partial charge in [0.25, 0.3) is 11.8 Å². The molecule has 12 nitrogen and oxygen atoms in total. The molecule has 0 aromatic carbocycles. The topological polar surface area (TPSA) is 184 Å². The van der Waals surface area contributed by atoms with Gasteiger partial charge in [0.15, 0.2) is 15.2 Å². The Kier molecular flexibility index (Phi) is 6.21. The number of oxime groups is 1. The van der Waals surface area contributed by atoms with Gasteiger partial charge in [0.2, 0.25) is 0 Å². The number of anilines is 1. The maximum Gasteiger partial charge on any atom is 0.427 e. The number of nitrogen functional groups attached to an aromatic ring is 1. The van der Waals surface area contributed by atoms with E-state index in [0.717, 1.165) is 16.7 Å². The van der Waals surface area contributed by atoms with Crippen molar-refractivity contribution in [2.45, 2.75) is 35.4 Å². The van der Waals surface area contributed by atoms with E-state index >= 15 is 0 Å². The number of aliphatic carboxylic acids is 1. The van der Waals surface area contributed by atoms with Gasteiger partial charge in [-0.2, -0.15) is 13.2 Å². The summed E-state index contributed by atoms with van der Waals surface area (Å²) in [4.78, 5) is 40.7. The van der Waals surface area contributed by atoms with Crippen LogP contribution in [0.1, 0.15) is 23.4 Å². The first kappa shape index (κ1) is 23.9. The van der Waals surface area contributed by atoms with E-state index in [-0.39, 0.29) is 29.9 Å². The summed E-state index contributed by atoms with van der Waals surface area (Å²) in [5.41, 5.74) is 4.47. The Morgan fingerprint density at radius 2 is 2.12 bits per heavy atom. The number of rotatable bonds is 6. The molecule has 4 heterocycles. The molecular formula is C16H12F3N7O5S3. The van der Waals surface area contributed by atoms with Crippen LogP contribution >= 0.6 is 34.4 Å². The van der Waals surface area contributed by atoms with Crippen LogP contribution in [0, 0.1) is 0 Å². The predicted octanol–water partition coefficient (Wildman–Crippen LogP) is 1.35. The molecule has 0 spiro atoms. The van der Waals surface area contributed by atoms with Crippen molar-refractivity contribution in [3.63, 3.8) is 0 Å². The lowest BCUT2D eigenvalue weighted by molar-refractivity contribution is -0.155. The van der Waals surface area contributed by atoms with E-state index in [1.807, 2.05) is 0 Å². The zero-order valence-electron chi connectivity index (χ0n) is 16.4. The zero-order valence-corrected chi connectivity index (χ0v) is 18.9. The number of halogens is 3. The third kappa shape index (κ3) is 4.18. The zero-order chi connectivity index (χ0) is 24.8. The molecule has 2 unspecified atom stereocenters. The number of carbonyl (C=O) groups excluding carboxylic acids is 2. The molecule has 2 amide bonds. The number of allylic oxidation sites excluding steroid dienone is 1. The number of hydrogen-bond donors (Lipinski definition) is 4. The molecule has 18 heteroatoms. The number of thioether (sulfide) groups is 1. The van der Waals surface area contributed by atoms with Gasteiger partial charge in [-0.1, -0.05) is 39.6 Å². The van der Waals surface area contributed by atoms with Crippen LogP contribution in [-0.2, 0) is 20.6 Å². The summed E-state index contributed by atoms with van der Waals surface area (Å²) >= 11 is 2.31. The Bertz CT molecular complexity index is 1230. The fourth-order valence-electron chi connectivity index (χ4n) is 3.54. The van der Waals surface area contributed by atoms with Crippen molar-refractivity contribution in [1.82, 2.24) is 25.4 Å². The Morgan fingerprint density at radius 3 is 2.71 bits per heavy atom. The van der Waals surface area contributed by atoms with Crippen molar-refractivity contribution < 1.29 is 37.9 Å². The summed E-state index contributed by atoms with van der Waals surface area (Å²) in [6.45, 7) is 0. The quantitative estimate of drug-likeness (QED) is 0.182. The molecule has 180 valence electrons. The van der Waals surface area contributed by atoms with E-state index < -0.39 is 57.5 Å². The number of alkyl halides is 3. The Labute approximate surface area is 199 Å². The van der Waals surface area contributed by atoms with Gasteiger partial charge in [0.1, 0.15) is 27.8 Å². The first-order valence-corrected chi connectivity index (χ1v) is 11.6. The molecule has 2 atom stereocenters. The van der Waals surface area contributed by atoms with Crippen LogP contribution in [0.2, 0.25) is 0 Å². The summed E-state index contributed by atoms with van der Waals surface area (Å²) in [5, 5.41) is 30.7. The van der Waals surface area contributed by atoms with E-state index in [1.54, 1.807) is 0 Å². The highest BCUT2D eigenvalue weighted by atomic mass is 32.2. The standard InChI is InChI=1S/C16H12F3N7O5S3/c17-16(18,19)10-7(23-14(20)34-10)8(25-31)11(27)22-6-4-1-2-5(33-15-24-21-3-32-15)9(13(29)30)26(4)12(6)28/h3-4,6,31H,1-2H2,(H2,20,23)(H,22,27)(H,29,30)/b25-8-. The number of nitrogens with one attached hydrogen (secondary N) is 1. The third-order valence-corrected chi connectivity index (χ3v) is 7.72. The highest BCUT2D eigenvalue weighted by Gasteiger charge is 2.54. The van der Waals surface area contributed by atoms with E-state index in [4.69, 9.17) is 5.73 Å². The fourth-order valence-corrected chi connectivity index (χ4v) is 5.94. The monoisotopic (exact) mass is 535 g/mol. The molecule has 2 aromatic heterocycles. The van der Waals surface area contributed by atoms with Crippen LogP contribution < -0.4 is 11.1 Å². The maximum atomic E-state index is 13.3. The number of aromatic nitrogens is 3. The maximum absolute atomic E-state index is 13.3. The molecule has 0 aliphatic carbocycles. The predicted molar refractivity (Wildman–Crippen MR) is 112 cm³/mol. The number of thiazole rings is 1. The molecule has 2 aliphatic heterocycles. The van der Waals surface area contributed by atoms with Crippen molar-refractivity contribution in [3.8, 4) is 0 Å². The first-order valence-electron chi connectivity index (χ1n) is 9.13. The van der Waals surface area contributed by atoms with Gasteiger partial charge in [0.05, 0.1) is 6.04 Å². The number of β-lactam (4-membered cyclic amide) rings is 1. The average Bonchev–Trinajstić information content (AvgIpc) is 3.41. The van der Waals surface area contributed by atoms with E-state index in [9.17, 15) is 37.9 Å². The van der Waals surface area contributed by atoms with Crippen LogP contribution in [-0.4, -0.2) is 66.0 Å². The third-order valence-electron chi connectivity index (χ3n) is 4.87. The van der Waals surface area contributed by atoms with Gasteiger partial charge in [-0.15, -0.1) is 10.2 Å². The van der Waals surface area contributed by atoms with Crippen molar-refractivity contribution in [2.24, 2.45) is 5.16 Å². The van der Waals surface area contributed by atoms with Crippen molar-refractivity contribution in [1.29, 1.82) is 0 Å². The number of fused-ring (bicyclic) bond motifs is 1. The van der Waals surface area contributed by atoms with Gasteiger partial charge in [0, 0.05) is 4.91 Å². The number of amides is 2.